The predicted octanol–water partition coefficient (Wildman–Crippen LogP) is 2.40. The summed E-state index contributed by atoms with van der Waals surface area (Å²) in [6.07, 6.45) is 3.48. The molecule has 84 valence electrons. The number of hydrogen-bond donors (Lipinski definition) is 1. The van der Waals surface area contributed by atoms with E-state index in [-0.39, 0.29) is 0 Å². The number of nitrogens with zero attached hydrogens (tertiary/aromatic N) is 2. The molecule has 1 heterocycles. The summed E-state index contributed by atoms with van der Waals surface area (Å²) in [6.45, 7) is 4.84. The number of aromatic nitrogens is 2. The number of unbranched alkanes of at least 4 members (excludes halogenated alkanes) is 2. The molecular weight excluding hydrogens is 190 g/mol. The fraction of sp³-hybridized carbons (Fsp3) is 0.636. The van der Waals surface area contributed by atoms with Gasteiger partial charge in [0.1, 0.15) is 0 Å². The first-order valence-corrected chi connectivity index (χ1v) is 5.42. The summed E-state index contributed by atoms with van der Waals surface area (Å²) < 4.78 is 5.54. The lowest BCUT2D eigenvalue weighted by Gasteiger charge is -2.07. The summed E-state index contributed by atoms with van der Waals surface area (Å²) in [6, 6.07) is 1.85. The van der Waals surface area contributed by atoms with Gasteiger partial charge in [0, 0.05) is 18.8 Å². The third-order valence-corrected chi connectivity index (χ3v) is 2.05. The van der Waals surface area contributed by atoms with Crippen molar-refractivity contribution in [1.29, 1.82) is 0 Å². The highest BCUT2D eigenvalue weighted by Crippen LogP contribution is 2.11. The maximum atomic E-state index is 5.54. The van der Waals surface area contributed by atoms with Gasteiger partial charge in [0.05, 0.1) is 6.61 Å². The summed E-state index contributed by atoms with van der Waals surface area (Å²) in [5.74, 6) is 1.27. The second kappa shape index (κ2) is 6.22. The number of anilines is 1. The van der Waals surface area contributed by atoms with Gasteiger partial charge in [0.15, 0.2) is 0 Å². The van der Waals surface area contributed by atoms with Crippen molar-refractivity contribution >= 4 is 5.95 Å². The predicted molar refractivity (Wildman–Crippen MR) is 61.3 cm³/mol. The number of hydrogen-bond acceptors (Lipinski definition) is 4. The molecule has 0 aliphatic heterocycles. The topological polar surface area (TPSA) is 47.0 Å². The van der Waals surface area contributed by atoms with Gasteiger partial charge in [-0.3, -0.25) is 0 Å². The van der Waals surface area contributed by atoms with Gasteiger partial charge in [-0.05, 0) is 13.3 Å². The monoisotopic (exact) mass is 209 g/mol. The first kappa shape index (κ1) is 11.8. The third kappa shape index (κ3) is 4.14. The van der Waals surface area contributed by atoms with Crippen molar-refractivity contribution in [1.82, 2.24) is 9.97 Å². The molecule has 0 bridgehead atoms. The minimum absolute atomic E-state index is 0.612. The highest BCUT2D eigenvalue weighted by Gasteiger charge is 2.00. The van der Waals surface area contributed by atoms with E-state index in [1.807, 2.05) is 13.0 Å². The normalized spacial score (nSPS) is 10.1. The highest BCUT2D eigenvalue weighted by atomic mass is 16.5. The molecule has 1 rings (SSSR count). The van der Waals surface area contributed by atoms with Gasteiger partial charge in [-0.15, -0.1) is 0 Å². The highest BCUT2D eigenvalue weighted by molar-refractivity contribution is 5.29. The van der Waals surface area contributed by atoms with E-state index in [0.29, 0.717) is 11.8 Å². The average Bonchev–Trinajstić information content (AvgIpc) is 2.23. The van der Waals surface area contributed by atoms with E-state index in [9.17, 15) is 0 Å². The van der Waals surface area contributed by atoms with Gasteiger partial charge < -0.3 is 10.1 Å². The maximum Gasteiger partial charge on any atom is 0.225 e. The molecule has 0 aromatic carbocycles. The van der Waals surface area contributed by atoms with Crippen LogP contribution in [-0.2, 0) is 0 Å². The average molecular weight is 209 g/mol. The first-order chi connectivity index (χ1) is 7.26. The Hall–Kier alpha value is -1.32. The Bertz CT molecular complexity index is 302. The largest absolute Gasteiger partial charge is 0.478 e. The molecule has 0 atom stereocenters. The Morgan fingerprint density at radius 2 is 2.13 bits per heavy atom. The Morgan fingerprint density at radius 1 is 1.33 bits per heavy atom. The quantitative estimate of drug-likeness (QED) is 0.731. The molecule has 0 saturated heterocycles. The standard InChI is InChI=1S/C11H19N3O/c1-4-5-6-7-15-10-8-9(2)13-11(12-3)14-10/h8H,4-7H2,1-3H3,(H,12,13,14). The van der Waals surface area contributed by atoms with Gasteiger partial charge in [-0.2, -0.15) is 4.98 Å². The smallest absolute Gasteiger partial charge is 0.225 e. The summed E-state index contributed by atoms with van der Waals surface area (Å²) in [4.78, 5) is 8.40. The summed E-state index contributed by atoms with van der Waals surface area (Å²) >= 11 is 0. The lowest BCUT2D eigenvalue weighted by molar-refractivity contribution is 0.294. The van der Waals surface area contributed by atoms with Crippen molar-refractivity contribution in [2.45, 2.75) is 33.1 Å². The molecule has 0 fully saturated rings. The van der Waals surface area contributed by atoms with E-state index in [0.717, 1.165) is 18.7 Å². The number of aryl methyl sites for hydroxylation is 1. The first-order valence-electron chi connectivity index (χ1n) is 5.42. The number of ether oxygens (including phenoxy) is 1. The van der Waals surface area contributed by atoms with Gasteiger partial charge >= 0.3 is 0 Å². The molecule has 0 radical (unpaired) electrons. The Kier molecular flexibility index (Phi) is 4.87. The fourth-order valence-electron chi connectivity index (χ4n) is 1.25. The van der Waals surface area contributed by atoms with Crippen molar-refractivity contribution in [2.75, 3.05) is 19.0 Å². The van der Waals surface area contributed by atoms with Crippen molar-refractivity contribution in [3.63, 3.8) is 0 Å². The number of nitrogens with one attached hydrogen (secondary N) is 1. The van der Waals surface area contributed by atoms with Crippen molar-refractivity contribution < 1.29 is 4.74 Å². The van der Waals surface area contributed by atoms with Crippen molar-refractivity contribution in [3.05, 3.63) is 11.8 Å². The van der Waals surface area contributed by atoms with Crippen LogP contribution in [0, 0.1) is 6.92 Å². The Balaban J connectivity index is 2.49. The molecule has 0 amide bonds. The van der Waals surface area contributed by atoms with Crippen molar-refractivity contribution in [2.24, 2.45) is 0 Å². The molecule has 0 spiro atoms. The molecular formula is C11H19N3O. The van der Waals surface area contributed by atoms with Crippen LogP contribution < -0.4 is 10.1 Å². The fourth-order valence-corrected chi connectivity index (χ4v) is 1.25. The summed E-state index contributed by atoms with van der Waals surface area (Å²) in [5.41, 5.74) is 0.917. The second-order valence-corrected chi connectivity index (χ2v) is 3.48. The molecule has 0 unspecified atom stereocenters. The molecule has 1 aromatic rings. The van der Waals surface area contributed by atoms with E-state index in [2.05, 4.69) is 22.2 Å². The van der Waals surface area contributed by atoms with Crippen molar-refractivity contribution in [3.8, 4) is 5.88 Å². The van der Waals surface area contributed by atoms with E-state index in [4.69, 9.17) is 4.74 Å². The minimum atomic E-state index is 0.612. The van der Waals surface area contributed by atoms with E-state index >= 15 is 0 Å². The van der Waals surface area contributed by atoms with Crippen LogP contribution in [0.3, 0.4) is 0 Å². The van der Waals surface area contributed by atoms with Crippen LogP contribution in [0.15, 0.2) is 6.07 Å². The Labute approximate surface area is 91.1 Å². The van der Waals surface area contributed by atoms with Crippen LogP contribution in [0.25, 0.3) is 0 Å². The number of rotatable bonds is 6. The van der Waals surface area contributed by atoms with Crippen LogP contribution in [0.1, 0.15) is 31.9 Å². The van der Waals surface area contributed by atoms with Gasteiger partial charge in [-0.25, -0.2) is 4.98 Å². The molecule has 4 heteroatoms. The molecule has 1 N–H and O–H groups in total. The van der Waals surface area contributed by atoms with Crippen LogP contribution in [0.4, 0.5) is 5.95 Å². The van der Waals surface area contributed by atoms with Gasteiger partial charge in [0.2, 0.25) is 11.8 Å². The molecule has 15 heavy (non-hydrogen) atoms. The van der Waals surface area contributed by atoms with E-state index < -0.39 is 0 Å². The second-order valence-electron chi connectivity index (χ2n) is 3.48. The zero-order valence-corrected chi connectivity index (χ0v) is 9.71. The zero-order chi connectivity index (χ0) is 11.1. The summed E-state index contributed by atoms with van der Waals surface area (Å²) in [7, 11) is 1.80. The molecule has 0 saturated carbocycles. The van der Waals surface area contributed by atoms with Crippen LogP contribution in [-0.4, -0.2) is 23.6 Å². The van der Waals surface area contributed by atoms with E-state index in [1.165, 1.54) is 12.8 Å². The maximum absolute atomic E-state index is 5.54. The third-order valence-electron chi connectivity index (χ3n) is 2.05. The molecule has 0 aliphatic rings. The summed E-state index contributed by atoms with van der Waals surface area (Å²) in [5, 5.41) is 2.91. The van der Waals surface area contributed by atoms with Gasteiger partial charge in [0.25, 0.3) is 0 Å². The van der Waals surface area contributed by atoms with Gasteiger partial charge in [-0.1, -0.05) is 19.8 Å². The van der Waals surface area contributed by atoms with Crippen LogP contribution in [0.2, 0.25) is 0 Å². The molecule has 0 aliphatic carbocycles. The lowest BCUT2D eigenvalue weighted by atomic mass is 10.3. The minimum Gasteiger partial charge on any atom is -0.478 e. The van der Waals surface area contributed by atoms with Crippen LogP contribution in [0.5, 0.6) is 5.88 Å². The Morgan fingerprint density at radius 3 is 2.80 bits per heavy atom. The lowest BCUT2D eigenvalue weighted by Crippen LogP contribution is -2.03. The van der Waals surface area contributed by atoms with E-state index in [1.54, 1.807) is 7.05 Å². The zero-order valence-electron chi connectivity index (χ0n) is 9.71. The molecule has 1 aromatic heterocycles. The molecule has 4 nitrogen and oxygen atoms in total. The van der Waals surface area contributed by atoms with Crippen LogP contribution >= 0.6 is 0 Å². The SMILES string of the molecule is CCCCCOc1cc(C)nc(NC)n1.